The van der Waals surface area contributed by atoms with Gasteiger partial charge in [-0.25, -0.2) is 0 Å². The van der Waals surface area contributed by atoms with Gasteiger partial charge >= 0.3 is 0 Å². The Morgan fingerprint density at radius 2 is 1.90 bits per heavy atom. The van der Waals surface area contributed by atoms with Crippen LogP contribution in [-0.4, -0.2) is 24.8 Å². The summed E-state index contributed by atoms with van der Waals surface area (Å²) in [4.78, 5) is 0. The molecule has 0 aliphatic rings. The van der Waals surface area contributed by atoms with Gasteiger partial charge in [-0.3, -0.25) is 0 Å². The van der Waals surface area contributed by atoms with Gasteiger partial charge in [0.05, 0.1) is 0 Å². The Morgan fingerprint density at radius 3 is 2.20 bits per heavy atom. The smallest absolute Gasteiger partial charge is 0.160 e. The van der Waals surface area contributed by atoms with Crippen LogP contribution in [0.2, 0.25) is 0 Å². The molecular weight excluding hydrogens is 132 g/mol. The zero-order valence-electron chi connectivity index (χ0n) is 6.83. The predicted molar refractivity (Wildman–Crippen MR) is 38.5 cm³/mol. The van der Waals surface area contributed by atoms with Gasteiger partial charge < -0.3 is 14.6 Å². The molecule has 0 bridgehead atoms. The molecule has 0 saturated heterocycles. The molecule has 62 valence electrons. The highest BCUT2D eigenvalue weighted by molar-refractivity contribution is 4.40. The Balaban J connectivity index is 3.41. The molecule has 0 saturated carbocycles. The SMILES string of the molecule is CC[C@H](OC)O[C@H](O)CC. The van der Waals surface area contributed by atoms with E-state index in [2.05, 4.69) is 0 Å². The largest absolute Gasteiger partial charge is 0.368 e. The van der Waals surface area contributed by atoms with Crippen molar-refractivity contribution in [3.8, 4) is 0 Å². The third-order valence-corrected chi connectivity index (χ3v) is 1.25. The van der Waals surface area contributed by atoms with Crippen LogP contribution < -0.4 is 0 Å². The summed E-state index contributed by atoms with van der Waals surface area (Å²) >= 11 is 0. The maximum atomic E-state index is 8.99. The van der Waals surface area contributed by atoms with Gasteiger partial charge in [-0.1, -0.05) is 13.8 Å². The van der Waals surface area contributed by atoms with Crippen LogP contribution in [0.15, 0.2) is 0 Å². The number of methoxy groups -OCH3 is 1. The molecule has 0 heterocycles. The van der Waals surface area contributed by atoms with Crippen molar-refractivity contribution in [2.75, 3.05) is 7.11 Å². The van der Waals surface area contributed by atoms with E-state index >= 15 is 0 Å². The molecule has 0 rings (SSSR count). The molecule has 3 heteroatoms. The first-order valence-corrected chi connectivity index (χ1v) is 3.60. The first-order valence-electron chi connectivity index (χ1n) is 3.60. The van der Waals surface area contributed by atoms with Crippen molar-refractivity contribution in [1.29, 1.82) is 0 Å². The van der Waals surface area contributed by atoms with Crippen molar-refractivity contribution in [2.24, 2.45) is 0 Å². The number of hydrogen-bond acceptors (Lipinski definition) is 3. The van der Waals surface area contributed by atoms with Gasteiger partial charge in [0.15, 0.2) is 12.6 Å². The zero-order valence-corrected chi connectivity index (χ0v) is 6.83. The van der Waals surface area contributed by atoms with E-state index in [1.54, 1.807) is 7.11 Å². The van der Waals surface area contributed by atoms with Crippen molar-refractivity contribution in [3.63, 3.8) is 0 Å². The minimum Gasteiger partial charge on any atom is -0.368 e. The van der Waals surface area contributed by atoms with Gasteiger partial charge in [-0.05, 0) is 12.8 Å². The number of ether oxygens (including phenoxy) is 2. The standard InChI is InChI=1S/C7H16O3/c1-4-6(8)10-7(5-2)9-3/h6-8H,4-5H2,1-3H3/t6-,7+/m0/s1. The highest BCUT2D eigenvalue weighted by atomic mass is 16.7. The molecule has 0 aromatic rings. The third kappa shape index (κ3) is 3.82. The van der Waals surface area contributed by atoms with E-state index in [0.29, 0.717) is 6.42 Å². The van der Waals surface area contributed by atoms with Crippen LogP contribution in [0.25, 0.3) is 0 Å². The fourth-order valence-corrected chi connectivity index (χ4v) is 0.590. The molecule has 0 aliphatic carbocycles. The summed E-state index contributed by atoms with van der Waals surface area (Å²) in [6, 6.07) is 0. The number of hydrogen-bond donors (Lipinski definition) is 1. The first-order chi connectivity index (χ1) is 4.74. The Labute approximate surface area is 62.0 Å². The van der Waals surface area contributed by atoms with E-state index < -0.39 is 6.29 Å². The second kappa shape index (κ2) is 5.65. The van der Waals surface area contributed by atoms with E-state index in [0.717, 1.165) is 6.42 Å². The van der Waals surface area contributed by atoms with Crippen molar-refractivity contribution in [2.45, 2.75) is 39.3 Å². The molecular formula is C7H16O3. The molecule has 1 N–H and O–H groups in total. The van der Waals surface area contributed by atoms with Crippen LogP contribution in [0, 0.1) is 0 Å². The lowest BCUT2D eigenvalue weighted by Crippen LogP contribution is -2.22. The van der Waals surface area contributed by atoms with E-state index in [-0.39, 0.29) is 6.29 Å². The lowest BCUT2D eigenvalue weighted by atomic mass is 10.4. The first kappa shape index (κ1) is 9.88. The van der Waals surface area contributed by atoms with Crippen LogP contribution in [0.5, 0.6) is 0 Å². The van der Waals surface area contributed by atoms with Crippen LogP contribution >= 0.6 is 0 Å². The molecule has 0 radical (unpaired) electrons. The number of rotatable bonds is 5. The van der Waals surface area contributed by atoms with Crippen LogP contribution in [0.1, 0.15) is 26.7 Å². The van der Waals surface area contributed by atoms with Crippen LogP contribution in [0.4, 0.5) is 0 Å². The Morgan fingerprint density at radius 1 is 1.30 bits per heavy atom. The highest BCUT2D eigenvalue weighted by Gasteiger charge is 2.08. The molecule has 0 spiro atoms. The minimum atomic E-state index is -0.690. The predicted octanol–water partition coefficient (Wildman–Crippen LogP) is 1.11. The van der Waals surface area contributed by atoms with Crippen LogP contribution in [-0.2, 0) is 9.47 Å². The van der Waals surface area contributed by atoms with Crippen molar-refractivity contribution < 1.29 is 14.6 Å². The van der Waals surface area contributed by atoms with Crippen LogP contribution in [0.3, 0.4) is 0 Å². The number of aliphatic hydroxyl groups excluding tert-OH is 1. The molecule has 0 aromatic heterocycles. The highest BCUT2D eigenvalue weighted by Crippen LogP contribution is 2.03. The average Bonchev–Trinajstić information content (AvgIpc) is 1.99. The average molecular weight is 148 g/mol. The quantitative estimate of drug-likeness (QED) is 0.594. The van der Waals surface area contributed by atoms with Gasteiger partial charge in [0, 0.05) is 7.11 Å². The Hall–Kier alpha value is -0.120. The molecule has 0 aliphatic heterocycles. The molecule has 0 aromatic carbocycles. The van der Waals surface area contributed by atoms with Gasteiger partial charge in [0.2, 0.25) is 0 Å². The van der Waals surface area contributed by atoms with E-state index in [1.165, 1.54) is 0 Å². The summed E-state index contributed by atoms with van der Waals surface area (Å²) in [6.07, 6.45) is 0.396. The summed E-state index contributed by atoms with van der Waals surface area (Å²) in [7, 11) is 1.57. The second-order valence-corrected chi connectivity index (χ2v) is 2.07. The summed E-state index contributed by atoms with van der Waals surface area (Å²) in [5.41, 5.74) is 0. The van der Waals surface area contributed by atoms with Gasteiger partial charge in [0.25, 0.3) is 0 Å². The molecule has 10 heavy (non-hydrogen) atoms. The summed E-state index contributed by atoms with van der Waals surface area (Å²) in [5.74, 6) is 0. The summed E-state index contributed by atoms with van der Waals surface area (Å²) in [6.45, 7) is 3.80. The van der Waals surface area contributed by atoms with E-state index in [4.69, 9.17) is 14.6 Å². The Kier molecular flexibility index (Phi) is 5.58. The molecule has 2 atom stereocenters. The van der Waals surface area contributed by atoms with Crippen molar-refractivity contribution in [1.82, 2.24) is 0 Å². The fourth-order valence-electron chi connectivity index (χ4n) is 0.590. The molecule has 3 nitrogen and oxygen atoms in total. The topological polar surface area (TPSA) is 38.7 Å². The molecule has 0 unspecified atom stereocenters. The lowest BCUT2D eigenvalue weighted by molar-refractivity contribution is -0.219. The molecule has 0 amide bonds. The number of aliphatic hydroxyl groups is 1. The van der Waals surface area contributed by atoms with Gasteiger partial charge in [0.1, 0.15) is 0 Å². The monoisotopic (exact) mass is 148 g/mol. The van der Waals surface area contributed by atoms with Gasteiger partial charge in [-0.2, -0.15) is 0 Å². The minimum absolute atomic E-state index is 0.269. The van der Waals surface area contributed by atoms with Crippen molar-refractivity contribution >= 4 is 0 Å². The maximum Gasteiger partial charge on any atom is 0.160 e. The second-order valence-electron chi connectivity index (χ2n) is 2.07. The summed E-state index contributed by atoms with van der Waals surface area (Å²) < 4.78 is 9.92. The lowest BCUT2D eigenvalue weighted by Gasteiger charge is -2.17. The zero-order chi connectivity index (χ0) is 7.98. The normalized spacial score (nSPS) is 16.8. The maximum absolute atomic E-state index is 8.99. The summed E-state index contributed by atoms with van der Waals surface area (Å²) in [5, 5.41) is 8.99. The van der Waals surface area contributed by atoms with Gasteiger partial charge in [-0.15, -0.1) is 0 Å². The molecule has 0 fully saturated rings. The van der Waals surface area contributed by atoms with Crippen molar-refractivity contribution in [3.05, 3.63) is 0 Å². The van der Waals surface area contributed by atoms with E-state index in [1.807, 2.05) is 13.8 Å². The third-order valence-electron chi connectivity index (χ3n) is 1.25. The Bertz CT molecular complexity index is 71.3. The fraction of sp³-hybridized carbons (Fsp3) is 1.00. The van der Waals surface area contributed by atoms with E-state index in [9.17, 15) is 0 Å².